The van der Waals surface area contributed by atoms with Crippen LogP contribution in [0.3, 0.4) is 0 Å². The molecule has 2 aliphatic heterocycles. The predicted molar refractivity (Wildman–Crippen MR) is 110 cm³/mol. The first kappa shape index (κ1) is 17.3. The molecule has 5 heteroatoms. The smallest absolute Gasteiger partial charge is 0.171 e. The predicted octanol–water partition coefficient (Wildman–Crippen LogP) is 3.96. The van der Waals surface area contributed by atoms with Gasteiger partial charge < -0.3 is 20.3 Å². The number of para-hydroxylation sites is 2. The van der Waals surface area contributed by atoms with Gasteiger partial charge in [0.2, 0.25) is 0 Å². The number of nitrogens with zero attached hydrogens (tertiary/aromatic N) is 1. The highest BCUT2D eigenvalue weighted by Crippen LogP contribution is 2.44. The van der Waals surface area contributed by atoms with E-state index in [2.05, 4.69) is 40.8 Å². The van der Waals surface area contributed by atoms with Crippen LogP contribution in [0.5, 0.6) is 5.75 Å². The van der Waals surface area contributed by atoms with Crippen molar-refractivity contribution in [1.29, 1.82) is 0 Å². The molecule has 0 bridgehead atoms. The van der Waals surface area contributed by atoms with Gasteiger partial charge in [-0.2, -0.15) is 0 Å². The lowest BCUT2D eigenvalue weighted by molar-refractivity contribution is -0.0183. The van der Waals surface area contributed by atoms with Gasteiger partial charge in [0.05, 0.1) is 6.04 Å². The number of likely N-dealkylation sites (tertiary alicyclic amines) is 1. The quantitative estimate of drug-likeness (QED) is 0.786. The number of hydrogen-bond donors (Lipinski definition) is 2. The summed E-state index contributed by atoms with van der Waals surface area (Å²) in [7, 11) is 2.18. The molecule has 0 amide bonds. The second kappa shape index (κ2) is 7.25. The Morgan fingerprint density at radius 3 is 2.54 bits per heavy atom. The molecule has 2 heterocycles. The van der Waals surface area contributed by atoms with Gasteiger partial charge in [0.25, 0.3) is 0 Å². The Morgan fingerprint density at radius 1 is 1.08 bits per heavy atom. The van der Waals surface area contributed by atoms with Crippen LogP contribution < -0.4 is 15.4 Å². The number of thiocarbonyl (C=S) groups is 1. The Morgan fingerprint density at radius 2 is 1.77 bits per heavy atom. The Kier molecular flexibility index (Phi) is 4.83. The summed E-state index contributed by atoms with van der Waals surface area (Å²) in [5.74, 6) is 0.989. The van der Waals surface area contributed by atoms with Gasteiger partial charge in [-0.1, -0.05) is 36.4 Å². The number of nitrogens with one attached hydrogen (secondary N) is 2. The number of benzene rings is 2. The van der Waals surface area contributed by atoms with Gasteiger partial charge in [0.1, 0.15) is 11.4 Å². The zero-order valence-corrected chi connectivity index (χ0v) is 15.9. The third-order valence-corrected chi connectivity index (χ3v) is 5.65. The van der Waals surface area contributed by atoms with E-state index in [4.69, 9.17) is 17.0 Å². The minimum atomic E-state index is -0.0963. The van der Waals surface area contributed by atoms with E-state index in [0.29, 0.717) is 5.11 Å². The van der Waals surface area contributed by atoms with Crippen molar-refractivity contribution in [2.75, 3.05) is 25.5 Å². The minimum absolute atomic E-state index is 0.0963. The summed E-state index contributed by atoms with van der Waals surface area (Å²) in [6, 6.07) is 18.5. The first-order valence-corrected chi connectivity index (χ1v) is 9.63. The van der Waals surface area contributed by atoms with Crippen molar-refractivity contribution < 1.29 is 4.74 Å². The maximum Gasteiger partial charge on any atom is 0.171 e. The normalized spacial score (nSPS) is 21.5. The highest BCUT2D eigenvalue weighted by atomic mass is 32.1. The molecule has 1 saturated heterocycles. The summed E-state index contributed by atoms with van der Waals surface area (Å²) in [5.41, 5.74) is 2.09. The fraction of sp³-hybridized carbons (Fsp3) is 0.381. The summed E-state index contributed by atoms with van der Waals surface area (Å²) >= 11 is 5.58. The molecule has 2 aromatic carbocycles. The molecule has 0 saturated carbocycles. The van der Waals surface area contributed by atoms with Crippen molar-refractivity contribution >= 4 is 23.0 Å². The molecule has 1 spiro atoms. The van der Waals surface area contributed by atoms with Crippen molar-refractivity contribution in [1.82, 2.24) is 10.2 Å². The number of rotatable bonds is 2. The van der Waals surface area contributed by atoms with Crippen LogP contribution in [0.15, 0.2) is 54.6 Å². The number of ether oxygens (including phenoxy) is 1. The molecular formula is C21H25N3OS. The maximum absolute atomic E-state index is 6.51. The molecule has 4 rings (SSSR count). The topological polar surface area (TPSA) is 36.5 Å². The average molecular weight is 368 g/mol. The van der Waals surface area contributed by atoms with Crippen LogP contribution in [0.2, 0.25) is 0 Å². The molecule has 136 valence electrons. The minimum Gasteiger partial charge on any atom is -0.487 e. The first-order chi connectivity index (χ1) is 12.6. The summed E-state index contributed by atoms with van der Waals surface area (Å²) in [6.45, 7) is 2.14. The molecule has 4 nitrogen and oxygen atoms in total. The van der Waals surface area contributed by atoms with Crippen LogP contribution in [0.1, 0.15) is 30.9 Å². The van der Waals surface area contributed by atoms with Gasteiger partial charge >= 0.3 is 0 Å². The standard InChI is InChI=1S/C21H25N3OS/c1-24-13-11-21(12-14-24)15-18(17-9-5-6-10-19(17)25-21)23-20(26)22-16-7-3-2-4-8-16/h2-10,18H,11-15H2,1H3,(H2,22,23,26)/t18-/m1/s1. The Hall–Kier alpha value is -2.11. The zero-order valence-electron chi connectivity index (χ0n) is 15.1. The highest BCUT2D eigenvalue weighted by Gasteiger charge is 2.42. The number of anilines is 1. The maximum atomic E-state index is 6.51. The summed E-state index contributed by atoms with van der Waals surface area (Å²) in [4.78, 5) is 2.37. The van der Waals surface area contributed by atoms with E-state index in [1.807, 2.05) is 36.4 Å². The highest BCUT2D eigenvalue weighted by molar-refractivity contribution is 7.80. The molecule has 2 N–H and O–H groups in total. The van der Waals surface area contributed by atoms with Gasteiger partial charge in [-0.25, -0.2) is 0 Å². The van der Waals surface area contributed by atoms with Crippen molar-refractivity contribution in [3.05, 3.63) is 60.2 Å². The van der Waals surface area contributed by atoms with Crippen LogP contribution in [0, 0.1) is 0 Å². The lowest BCUT2D eigenvalue weighted by atomic mass is 9.80. The fourth-order valence-electron chi connectivity index (χ4n) is 3.93. The number of piperidine rings is 1. The average Bonchev–Trinajstić information content (AvgIpc) is 2.65. The fourth-order valence-corrected chi connectivity index (χ4v) is 4.19. The second-order valence-electron chi connectivity index (χ2n) is 7.35. The number of fused-ring (bicyclic) bond motifs is 1. The van der Waals surface area contributed by atoms with E-state index in [1.54, 1.807) is 0 Å². The van der Waals surface area contributed by atoms with Gasteiger partial charge in [-0.15, -0.1) is 0 Å². The molecule has 0 unspecified atom stereocenters. The van der Waals surface area contributed by atoms with Crippen LogP contribution >= 0.6 is 12.2 Å². The van der Waals surface area contributed by atoms with E-state index in [1.165, 1.54) is 5.56 Å². The monoisotopic (exact) mass is 367 g/mol. The van der Waals surface area contributed by atoms with E-state index in [9.17, 15) is 0 Å². The van der Waals surface area contributed by atoms with Gasteiger partial charge in [-0.05, 0) is 50.3 Å². The molecule has 2 aromatic rings. The molecule has 0 aromatic heterocycles. The van der Waals surface area contributed by atoms with Crippen molar-refractivity contribution in [2.45, 2.75) is 30.9 Å². The van der Waals surface area contributed by atoms with E-state index in [-0.39, 0.29) is 11.6 Å². The van der Waals surface area contributed by atoms with Crippen LogP contribution in [0.4, 0.5) is 5.69 Å². The molecule has 2 aliphatic rings. The molecule has 26 heavy (non-hydrogen) atoms. The molecule has 0 radical (unpaired) electrons. The molecule has 1 atom stereocenters. The summed E-state index contributed by atoms with van der Waals surface area (Å²) < 4.78 is 6.51. The SMILES string of the molecule is CN1CCC2(CC1)C[C@@H](NC(=S)Nc1ccccc1)c1ccccc1O2. The van der Waals surface area contributed by atoms with Crippen LogP contribution in [-0.2, 0) is 0 Å². The van der Waals surface area contributed by atoms with Gasteiger partial charge in [-0.3, -0.25) is 0 Å². The van der Waals surface area contributed by atoms with Crippen molar-refractivity contribution in [3.8, 4) is 5.75 Å². The van der Waals surface area contributed by atoms with Crippen LogP contribution in [-0.4, -0.2) is 35.8 Å². The van der Waals surface area contributed by atoms with Gasteiger partial charge in [0, 0.05) is 30.8 Å². The second-order valence-corrected chi connectivity index (χ2v) is 7.76. The van der Waals surface area contributed by atoms with Crippen molar-refractivity contribution in [2.24, 2.45) is 0 Å². The Labute approximate surface area is 160 Å². The molecule has 1 fully saturated rings. The third kappa shape index (κ3) is 3.69. The van der Waals surface area contributed by atoms with Crippen LogP contribution in [0.25, 0.3) is 0 Å². The van der Waals surface area contributed by atoms with E-state index < -0.39 is 0 Å². The molecule has 0 aliphatic carbocycles. The van der Waals surface area contributed by atoms with E-state index >= 15 is 0 Å². The number of hydrogen-bond acceptors (Lipinski definition) is 3. The molecular weight excluding hydrogens is 342 g/mol. The first-order valence-electron chi connectivity index (χ1n) is 9.23. The Bertz CT molecular complexity index is 772. The van der Waals surface area contributed by atoms with Crippen molar-refractivity contribution in [3.63, 3.8) is 0 Å². The third-order valence-electron chi connectivity index (χ3n) is 5.43. The van der Waals surface area contributed by atoms with E-state index in [0.717, 1.165) is 43.8 Å². The zero-order chi connectivity index (χ0) is 18.0. The largest absolute Gasteiger partial charge is 0.487 e. The summed E-state index contributed by atoms with van der Waals surface area (Å²) in [5, 5.41) is 7.48. The lowest BCUT2D eigenvalue weighted by Gasteiger charge is -2.46. The Balaban J connectivity index is 1.53. The lowest BCUT2D eigenvalue weighted by Crippen LogP contribution is -2.51. The van der Waals surface area contributed by atoms with Gasteiger partial charge in [0.15, 0.2) is 5.11 Å². The summed E-state index contributed by atoms with van der Waals surface area (Å²) in [6.07, 6.45) is 3.04.